The highest BCUT2D eigenvalue weighted by atomic mass is 16.5. The molecular weight excluding hydrogens is 192 g/mol. The molecule has 0 saturated heterocycles. The zero-order valence-electron chi connectivity index (χ0n) is 9.09. The van der Waals surface area contributed by atoms with E-state index in [9.17, 15) is 0 Å². The second kappa shape index (κ2) is 7.20. The van der Waals surface area contributed by atoms with E-state index in [4.69, 9.17) is 9.84 Å². The predicted molar refractivity (Wildman–Crippen MR) is 58.9 cm³/mol. The second-order valence-corrected chi connectivity index (χ2v) is 3.20. The third kappa shape index (κ3) is 4.76. The fourth-order valence-electron chi connectivity index (χ4n) is 1.29. The number of nitrogens with zero attached hydrogens (tertiary/aromatic N) is 2. The van der Waals surface area contributed by atoms with Crippen molar-refractivity contribution < 1.29 is 9.84 Å². The molecule has 0 aliphatic rings. The van der Waals surface area contributed by atoms with Crippen LogP contribution in [0.5, 0.6) is 5.75 Å². The molecule has 4 heteroatoms. The van der Waals surface area contributed by atoms with Gasteiger partial charge in [-0.25, -0.2) is 0 Å². The highest BCUT2D eigenvalue weighted by Gasteiger charge is 2.01. The molecule has 0 saturated carbocycles. The van der Waals surface area contributed by atoms with E-state index >= 15 is 0 Å². The van der Waals surface area contributed by atoms with Crippen LogP contribution in [0, 0.1) is 0 Å². The lowest BCUT2D eigenvalue weighted by Crippen LogP contribution is -2.30. The maximum Gasteiger partial charge on any atom is 0.137 e. The highest BCUT2D eigenvalue weighted by Crippen LogP contribution is 2.05. The van der Waals surface area contributed by atoms with Gasteiger partial charge in [0, 0.05) is 19.3 Å². The first-order valence-electron chi connectivity index (χ1n) is 5.23. The molecule has 0 atom stereocenters. The summed E-state index contributed by atoms with van der Waals surface area (Å²) >= 11 is 0. The summed E-state index contributed by atoms with van der Waals surface area (Å²) in [6.45, 7) is 5.34. The molecule has 0 unspecified atom stereocenters. The lowest BCUT2D eigenvalue weighted by Gasteiger charge is -2.18. The number of ether oxygens (including phenoxy) is 1. The Kier molecular flexibility index (Phi) is 5.73. The SMILES string of the molecule is CCN(CCO)CCOc1cccnc1. The van der Waals surface area contributed by atoms with Gasteiger partial charge in [-0.15, -0.1) is 0 Å². The fourth-order valence-corrected chi connectivity index (χ4v) is 1.29. The van der Waals surface area contributed by atoms with Crippen LogP contribution in [0.2, 0.25) is 0 Å². The van der Waals surface area contributed by atoms with Crippen LogP contribution in [-0.4, -0.2) is 47.8 Å². The molecule has 1 aromatic rings. The van der Waals surface area contributed by atoms with E-state index in [0.717, 1.165) is 18.8 Å². The van der Waals surface area contributed by atoms with E-state index in [0.29, 0.717) is 13.2 Å². The van der Waals surface area contributed by atoms with Crippen molar-refractivity contribution in [2.24, 2.45) is 0 Å². The first-order valence-corrected chi connectivity index (χ1v) is 5.23. The number of hydrogen-bond donors (Lipinski definition) is 1. The molecule has 0 amide bonds. The molecule has 0 aliphatic heterocycles. The molecule has 1 aromatic heterocycles. The number of aliphatic hydroxyl groups is 1. The Morgan fingerprint density at radius 2 is 2.33 bits per heavy atom. The van der Waals surface area contributed by atoms with Crippen LogP contribution in [0.4, 0.5) is 0 Å². The number of hydrogen-bond acceptors (Lipinski definition) is 4. The van der Waals surface area contributed by atoms with Crippen molar-refractivity contribution in [3.05, 3.63) is 24.5 Å². The molecule has 1 rings (SSSR count). The summed E-state index contributed by atoms with van der Waals surface area (Å²) in [6.07, 6.45) is 3.42. The van der Waals surface area contributed by atoms with Crippen molar-refractivity contribution in [3.8, 4) is 5.75 Å². The van der Waals surface area contributed by atoms with Gasteiger partial charge in [0.25, 0.3) is 0 Å². The van der Waals surface area contributed by atoms with Crippen molar-refractivity contribution in [1.29, 1.82) is 0 Å². The Balaban J connectivity index is 2.20. The van der Waals surface area contributed by atoms with Gasteiger partial charge in [0.2, 0.25) is 0 Å². The molecule has 1 heterocycles. The number of likely N-dealkylation sites (N-methyl/N-ethyl adjacent to an activating group) is 1. The van der Waals surface area contributed by atoms with Crippen molar-refractivity contribution in [2.75, 3.05) is 32.8 Å². The van der Waals surface area contributed by atoms with Crippen LogP contribution < -0.4 is 4.74 Å². The third-order valence-electron chi connectivity index (χ3n) is 2.17. The monoisotopic (exact) mass is 210 g/mol. The molecule has 4 nitrogen and oxygen atoms in total. The Hall–Kier alpha value is -1.13. The fraction of sp³-hybridized carbons (Fsp3) is 0.545. The Morgan fingerprint density at radius 3 is 2.93 bits per heavy atom. The van der Waals surface area contributed by atoms with E-state index in [-0.39, 0.29) is 6.61 Å². The average Bonchev–Trinajstić information content (AvgIpc) is 2.29. The van der Waals surface area contributed by atoms with E-state index in [1.807, 2.05) is 12.1 Å². The first-order chi connectivity index (χ1) is 7.36. The quantitative estimate of drug-likeness (QED) is 0.722. The summed E-state index contributed by atoms with van der Waals surface area (Å²) in [5.41, 5.74) is 0. The summed E-state index contributed by atoms with van der Waals surface area (Å²) in [5.74, 6) is 0.789. The molecule has 0 radical (unpaired) electrons. The zero-order chi connectivity index (χ0) is 10.9. The molecule has 0 spiro atoms. The van der Waals surface area contributed by atoms with Crippen molar-refractivity contribution in [1.82, 2.24) is 9.88 Å². The number of pyridine rings is 1. The summed E-state index contributed by atoms with van der Waals surface area (Å²) < 4.78 is 5.50. The summed E-state index contributed by atoms with van der Waals surface area (Å²) in [4.78, 5) is 6.10. The molecule has 0 bridgehead atoms. The minimum Gasteiger partial charge on any atom is -0.491 e. The predicted octanol–water partition coefficient (Wildman–Crippen LogP) is 0.775. The van der Waals surface area contributed by atoms with Crippen LogP contribution >= 0.6 is 0 Å². The lowest BCUT2D eigenvalue weighted by molar-refractivity contribution is 0.174. The number of aliphatic hydroxyl groups excluding tert-OH is 1. The van der Waals surface area contributed by atoms with E-state index < -0.39 is 0 Å². The summed E-state index contributed by atoms with van der Waals surface area (Å²) in [6, 6.07) is 3.73. The van der Waals surface area contributed by atoms with Crippen LogP contribution in [0.1, 0.15) is 6.92 Å². The first kappa shape index (κ1) is 11.9. The standard InChI is InChI=1S/C11H18N2O2/c1-2-13(6-8-14)7-9-15-11-4-3-5-12-10-11/h3-5,10,14H,2,6-9H2,1H3. The van der Waals surface area contributed by atoms with Gasteiger partial charge in [0.05, 0.1) is 12.8 Å². The van der Waals surface area contributed by atoms with Gasteiger partial charge < -0.3 is 9.84 Å². The molecular formula is C11H18N2O2. The van der Waals surface area contributed by atoms with E-state index in [1.165, 1.54) is 0 Å². The van der Waals surface area contributed by atoms with E-state index in [1.54, 1.807) is 12.4 Å². The van der Waals surface area contributed by atoms with E-state index in [2.05, 4.69) is 16.8 Å². The van der Waals surface area contributed by atoms with Crippen LogP contribution in [-0.2, 0) is 0 Å². The van der Waals surface area contributed by atoms with Gasteiger partial charge in [-0.3, -0.25) is 9.88 Å². The normalized spacial score (nSPS) is 10.6. The molecule has 1 N–H and O–H groups in total. The summed E-state index contributed by atoms with van der Waals surface area (Å²) in [7, 11) is 0. The Labute approximate surface area is 90.5 Å². The third-order valence-corrected chi connectivity index (χ3v) is 2.17. The molecule has 15 heavy (non-hydrogen) atoms. The van der Waals surface area contributed by atoms with Gasteiger partial charge in [-0.2, -0.15) is 0 Å². The molecule has 84 valence electrons. The Morgan fingerprint density at radius 1 is 1.47 bits per heavy atom. The summed E-state index contributed by atoms with van der Waals surface area (Å²) in [5, 5.41) is 8.79. The average molecular weight is 210 g/mol. The van der Waals surface area contributed by atoms with Crippen molar-refractivity contribution in [2.45, 2.75) is 6.92 Å². The van der Waals surface area contributed by atoms with Crippen LogP contribution in [0.25, 0.3) is 0 Å². The zero-order valence-corrected chi connectivity index (χ0v) is 9.09. The Bertz CT molecular complexity index is 254. The minimum atomic E-state index is 0.195. The molecule has 0 fully saturated rings. The van der Waals surface area contributed by atoms with Gasteiger partial charge in [0.15, 0.2) is 0 Å². The van der Waals surface area contributed by atoms with Gasteiger partial charge in [-0.1, -0.05) is 6.92 Å². The molecule has 0 aromatic carbocycles. The topological polar surface area (TPSA) is 45.6 Å². The van der Waals surface area contributed by atoms with Gasteiger partial charge in [0.1, 0.15) is 12.4 Å². The largest absolute Gasteiger partial charge is 0.491 e. The van der Waals surface area contributed by atoms with Gasteiger partial charge in [-0.05, 0) is 18.7 Å². The molecule has 0 aliphatic carbocycles. The van der Waals surface area contributed by atoms with Crippen LogP contribution in [0.3, 0.4) is 0 Å². The van der Waals surface area contributed by atoms with Crippen molar-refractivity contribution in [3.63, 3.8) is 0 Å². The maximum absolute atomic E-state index is 8.79. The highest BCUT2D eigenvalue weighted by molar-refractivity contribution is 5.15. The second-order valence-electron chi connectivity index (χ2n) is 3.20. The number of rotatable bonds is 7. The van der Waals surface area contributed by atoms with Crippen molar-refractivity contribution >= 4 is 0 Å². The minimum absolute atomic E-state index is 0.195. The van der Waals surface area contributed by atoms with Crippen LogP contribution in [0.15, 0.2) is 24.5 Å². The smallest absolute Gasteiger partial charge is 0.137 e. The maximum atomic E-state index is 8.79. The number of aromatic nitrogens is 1. The lowest BCUT2D eigenvalue weighted by atomic mass is 10.4. The van der Waals surface area contributed by atoms with Gasteiger partial charge >= 0.3 is 0 Å².